The first-order valence-corrected chi connectivity index (χ1v) is 17.1. The number of hydrogen-bond donors (Lipinski definition) is 1. The fraction of sp³-hybridized carbons (Fsp3) is 0.421. The minimum absolute atomic E-state index is 0.0231. The normalized spacial score (nSPS) is 17.9. The second kappa shape index (κ2) is 14.1. The van der Waals surface area contributed by atoms with E-state index in [1.54, 1.807) is 23.5 Å². The summed E-state index contributed by atoms with van der Waals surface area (Å²) in [7, 11) is 0. The van der Waals surface area contributed by atoms with Gasteiger partial charge in [0.05, 0.1) is 29.9 Å². The third-order valence-electron chi connectivity index (χ3n) is 7.95. The molecule has 47 heavy (non-hydrogen) atoms. The van der Waals surface area contributed by atoms with Gasteiger partial charge in [-0.3, -0.25) is 9.59 Å². The van der Waals surface area contributed by atoms with Gasteiger partial charge in [-0.25, -0.2) is 4.39 Å². The van der Waals surface area contributed by atoms with Crippen LogP contribution in [0.4, 0.5) is 10.1 Å². The molecule has 1 aliphatic heterocycles. The van der Waals surface area contributed by atoms with Crippen LogP contribution in [-0.2, 0) is 25.5 Å². The summed E-state index contributed by atoms with van der Waals surface area (Å²) in [5, 5.41) is 7.16. The highest BCUT2D eigenvalue weighted by Crippen LogP contribution is 2.43. The Hall–Kier alpha value is -3.79. The number of halogens is 1. The summed E-state index contributed by atoms with van der Waals surface area (Å²) in [6, 6.07) is 17.9. The van der Waals surface area contributed by atoms with Crippen molar-refractivity contribution >= 4 is 28.9 Å². The SMILES string of the molecule is CC(C)c1c(C(=O)Nc2ccccc2)c(-c2ccsc2)c(-c2ccc(F)cc2)n1CCC1CC(CC(=O)OC(C)(C)C)OC(C)(C)O1. The molecule has 3 heterocycles. The van der Waals surface area contributed by atoms with Crippen LogP contribution in [-0.4, -0.2) is 40.0 Å². The number of benzene rings is 2. The van der Waals surface area contributed by atoms with Gasteiger partial charge in [0.2, 0.25) is 0 Å². The number of hydrogen-bond acceptors (Lipinski definition) is 6. The van der Waals surface area contributed by atoms with Crippen molar-refractivity contribution in [2.45, 2.75) is 104 Å². The number of amides is 1. The topological polar surface area (TPSA) is 78.8 Å². The molecule has 7 nitrogen and oxygen atoms in total. The standard InChI is InChI=1S/C38H45FN2O5S/c1-24(2)34-33(36(43)40-28-11-9-8-10-12-28)32(26-18-20-47-23-26)35(25-13-15-27(39)16-14-25)41(34)19-17-29-21-30(45-38(6,7)44-29)22-31(42)46-37(3,4)5/h8-16,18,20,23-24,29-30H,17,19,21-22H2,1-7H3,(H,40,43). The Labute approximate surface area is 281 Å². The zero-order valence-electron chi connectivity index (χ0n) is 28.3. The molecule has 5 rings (SSSR count). The van der Waals surface area contributed by atoms with Crippen molar-refractivity contribution in [3.05, 3.63) is 88.5 Å². The molecule has 0 saturated carbocycles. The first-order chi connectivity index (χ1) is 22.2. The van der Waals surface area contributed by atoms with Crippen LogP contribution in [0.3, 0.4) is 0 Å². The van der Waals surface area contributed by atoms with Gasteiger partial charge < -0.3 is 24.1 Å². The molecule has 2 unspecified atom stereocenters. The monoisotopic (exact) mass is 660 g/mol. The Balaban J connectivity index is 1.57. The van der Waals surface area contributed by atoms with E-state index in [-0.39, 0.29) is 42.2 Å². The number of aromatic nitrogens is 1. The minimum Gasteiger partial charge on any atom is -0.460 e. The molecule has 1 fully saturated rings. The van der Waals surface area contributed by atoms with Crippen molar-refractivity contribution < 1.29 is 28.2 Å². The quantitative estimate of drug-likeness (QED) is 0.172. The molecule has 1 amide bonds. The molecule has 4 aromatic rings. The number of esters is 1. The number of para-hydroxylation sites is 1. The average molecular weight is 661 g/mol. The number of carbonyl (C=O) groups excluding carboxylic acids is 2. The third-order valence-corrected chi connectivity index (χ3v) is 8.64. The van der Waals surface area contributed by atoms with E-state index in [2.05, 4.69) is 23.7 Å². The Morgan fingerprint density at radius 1 is 1.02 bits per heavy atom. The van der Waals surface area contributed by atoms with E-state index in [9.17, 15) is 14.0 Å². The highest BCUT2D eigenvalue weighted by Gasteiger charge is 2.38. The van der Waals surface area contributed by atoms with Gasteiger partial charge in [-0.1, -0.05) is 32.0 Å². The summed E-state index contributed by atoms with van der Waals surface area (Å²) >= 11 is 1.56. The van der Waals surface area contributed by atoms with E-state index < -0.39 is 11.4 Å². The van der Waals surface area contributed by atoms with Crippen LogP contribution in [0.2, 0.25) is 0 Å². The maximum Gasteiger partial charge on any atom is 0.308 e. The molecule has 0 radical (unpaired) electrons. The predicted octanol–water partition coefficient (Wildman–Crippen LogP) is 9.43. The number of thiophene rings is 1. The van der Waals surface area contributed by atoms with E-state index in [1.165, 1.54) is 12.1 Å². The molecule has 9 heteroatoms. The van der Waals surface area contributed by atoms with Crippen LogP contribution >= 0.6 is 11.3 Å². The van der Waals surface area contributed by atoms with Crippen LogP contribution in [0.5, 0.6) is 0 Å². The highest BCUT2D eigenvalue weighted by atomic mass is 32.1. The summed E-state index contributed by atoms with van der Waals surface area (Å²) in [5.41, 5.74) is 4.99. The van der Waals surface area contributed by atoms with Gasteiger partial charge in [0.1, 0.15) is 11.4 Å². The number of carbonyl (C=O) groups is 2. The van der Waals surface area contributed by atoms with Crippen LogP contribution in [0.1, 0.15) is 89.7 Å². The highest BCUT2D eigenvalue weighted by molar-refractivity contribution is 7.08. The summed E-state index contributed by atoms with van der Waals surface area (Å²) in [6.07, 6.45) is 0.668. The predicted molar refractivity (Wildman–Crippen MR) is 185 cm³/mol. The first-order valence-electron chi connectivity index (χ1n) is 16.2. The molecule has 1 saturated heterocycles. The Kier molecular flexibility index (Phi) is 10.4. The summed E-state index contributed by atoms with van der Waals surface area (Å²) in [4.78, 5) is 27.0. The molecular weight excluding hydrogens is 615 g/mol. The smallest absolute Gasteiger partial charge is 0.308 e. The molecule has 2 atom stereocenters. The Bertz CT molecular complexity index is 1670. The zero-order valence-corrected chi connectivity index (χ0v) is 29.1. The second-order valence-corrected chi connectivity index (χ2v) is 14.6. The van der Waals surface area contributed by atoms with Crippen molar-refractivity contribution in [3.63, 3.8) is 0 Å². The van der Waals surface area contributed by atoms with Crippen molar-refractivity contribution in [2.75, 3.05) is 5.32 Å². The second-order valence-electron chi connectivity index (χ2n) is 13.8. The largest absolute Gasteiger partial charge is 0.460 e. The van der Waals surface area contributed by atoms with Crippen molar-refractivity contribution in [1.82, 2.24) is 4.57 Å². The van der Waals surface area contributed by atoms with E-state index >= 15 is 0 Å². The van der Waals surface area contributed by atoms with Crippen LogP contribution in [0, 0.1) is 5.82 Å². The molecular formula is C38H45FN2O5S. The third kappa shape index (κ3) is 8.58. The lowest BCUT2D eigenvalue weighted by molar-refractivity contribution is -0.301. The Morgan fingerprint density at radius 2 is 1.70 bits per heavy atom. The number of ether oxygens (including phenoxy) is 3. The number of anilines is 1. The van der Waals surface area contributed by atoms with E-state index in [0.29, 0.717) is 30.6 Å². The van der Waals surface area contributed by atoms with Crippen LogP contribution in [0.15, 0.2) is 71.4 Å². The van der Waals surface area contributed by atoms with Gasteiger partial charge in [0, 0.05) is 29.9 Å². The lowest BCUT2D eigenvalue weighted by Crippen LogP contribution is -2.46. The summed E-state index contributed by atoms with van der Waals surface area (Å²) in [5.74, 6) is -1.76. The molecule has 0 spiro atoms. The molecule has 1 N–H and O–H groups in total. The van der Waals surface area contributed by atoms with Gasteiger partial charge in [-0.2, -0.15) is 11.3 Å². The molecule has 0 aliphatic carbocycles. The van der Waals surface area contributed by atoms with Gasteiger partial charge in [-0.05, 0) is 111 Å². The summed E-state index contributed by atoms with van der Waals surface area (Å²) < 4.78 is 34.5. The fourth-order valence-corrected chi connectivity index (χ4v) is 7.02. The van der Waals surface area contributed by atoms with Gasteiger partial charge in [0.15, 0.2) is 5.79 Å². The van der Waals surface area contributed by atoms with Crippen molar-refractivity contribution in [2.24, 2.45) is 0 Å². The maximum absolute atomic E-state index is 14.3. The number of nitrogens with zero attached hydrogens (tertiary/aromatic N) is 1. The number of rotatable bonds is 10. The van der Waals surface area contributed by atoms with Crippen molar-refractivity contribution in [3.8, 4) is 22.4 Å². The first kappa shape index (κ1) is 34.5. The van der Waals surface area contributed by atoms with Gasteiger partial charge in [0.25, 0.3) is 5.91 Å². The fourth-order valence-electron chi connectivity index (χ4n) is 6.37. The van der Waals surface area contributed by atoms with Gasteiger partial charge >= 0.3 is 5.97 Å². The van der Waals surface area contributed by atoms with Crippen LogP contribution in [0.25, 0.3) is 22.4 Å². The average Bonchev–Trinajstić information content (AvgIpc) is 3.61. The summed E-state index contributed by atoms with van der Waals surface area (Å²) in [6.45, 7) is 14.0. The molecule has 250 valence electrons. The Morgan fingerprint density at radius 3 is 2.32 bits per heavy atom. The number of nitrogens with one attached hydrogen (secondary N) is 1. The lowest BCUT2D eigenvalue weighted by atomic mass is 9.96. The maximum atomic E-state index is 14.3. The molecule has 1 aliphatic rings. The van der Waals surface area contributed by atoms with Gasteiger partial charge in [-0.15, -0.1) is 0 Å². The zero-order chi connectivity index (χ0) is 33.9. The molecule has 0 bridgehead atoms. The molecule has 2 aromatic heterocycles. The van der Waals surface area contributed by atoms with Crippen LogP contribution < -0.4 is 5.32 Å². The van der Waals surface area contributed by atoms with E-state index in [4.69, 9.17) is 14.2 Å². The lowest BCUT2D eigenvalue weighted by Gasteiger charge is -2.41. The van der Waals surface area contributed by atoms with E-state index in [0.717, 1.165) is 28.1 Å². The van der Waals surface area contributed by atoms with Crippen molar-refractivity contribution in [1.29, 1.82) is 0 Å². The molecule has 2 aromatic carbocycles. The van der Waals surface area contributed by atoms with E-state index in [1.807, 2.05) is 81.8 Å². The minimum atomic E-state index is -0.893.